The maximum atomic E-state index is 13.2. The molecule has 0 bridgehead atoms. The molecule has 0 aliphatic carbocycles. The molecule has 152 valence electrons. The molecule has 1 rings (SSSR count). The molecule has 0 N–H and O–H groups in total. The van der Waals surface area contributed by atoms with Gasteiger partial charge in [-0.15, -0.1) is 0 Å². The fraction of sp³-hybridized carbons (Fsp3) is 0.385. The number of carbonyl (C=O) groups is 2. The first-order valence-electron chi connectivity index (χ1n) is 6.35. The van der Waals surface area contributed by atoms with Gasteiger partial charge < -0.3 is 9.47 Å². The third-order valence-electron chi connectivity index (χ3n) is 2.68. The average Bonchev–Trinajstić information content (AvgIpc) is 2.43. The molecule has 0 atom stereocenters. The molecule has 0 saturated carbocycles. The summed E-state index contributed by atoms with van der Waals surface area (Å²) in [6.45, 7) is 1.07. The van der Waals surface area contributed by atoms with Crippen molar-refractivity contribution in [2.45, 2.75) is 31.1 Å². The first-order chi connectivity index (χ1) is 11.9. The second-order valence-electron chi connectivity index (χ2n) is 4.91. The van der Waals surface area contributed by atoms with Gasteiger partial charge >= 0.3 is 36.1 Å². The van der Waals surface area contributed by atoms with E-state index in [0.29, 0.717) is 6.07 Å². The van der Waals surface area contributed by atoms with Crippen molar-refractivity contribution in [1.82, 2.24) is 0 Å². The first-order valence-corrected chi connectivity index (χ1v) is 6.35. The van der Waals surface area contributed by atoms with Crippen LogP contribution in [0.3, 0.4) is 0 Å². The van der Waals surface area contributed by atoms with Crippen molar-refractivity contribution in [1.29, 1.82) is 0 Å². The highest BCUT2D eigenvalue weighted by atomic mass is 19.4. The number of carbonyl (C=O) groups excluding carboxylic acids is 2. The maximum absolute atomic E-state index is 13.2. The van der Waals surface area contributed by atoms with E-state index in [0.717, 1.165) is 13.0 Å². The Bertz CT molecular complexity index is 736. The minimum absolute atomic E-state index is 0.170. The van der Waals surface area contributed by atoms with Gasteiger partial charge in [0.05, 0.1) is 0 Å². The van der Waals surface area contributed by atoms with E-state index in [4.69, 9.17) is 0 Å². The zero-order chi connectivity index (χ0) is 21.4. The van der Waals surface area contributed by atoms with Crippen molar-refractivity contribution in [2.75, 3.05) is 0 Å². The molecule has 0 aromatic heterocycles. The number of halogens is 10. The second kappa shape index (κ2) is 6.88. The smallest absolute Gasteiger partial charge is 0.422 e. The Morgan fingerprint density at radius 3 is 1.52 bits per heavy atom. The molecule has 0 amide bonds. The average molecular weight is 416 g/mol. The Kier molecular flexibility index (Phi) is 5.74. The number of rotatable bonds is 4. The van der Waals surface area contributed by atoms with Crippen LogP contribution in [0.5, 0.6) is 11.5 Å². The predicted octanol–water partition coefficient (Wildman–Crippen LogP) is 4.20. The van der Waals surface area contributed by atoms with Gasteiger partial charge in [-0.05, 0) is 24.6 Å². The Morgan fingerprint density at radius 2 is 1.15 bits per heavy atom. The molecule has 0 radical (unpaired) electrons. The van der Waals surface area contributed by atoms with Gasteiger partial charge in [-0.2, -0.15) is 43.9 Å². The van der Waals surface area contributed by atoms with Crippen LogP contribution in [-0.2, 0) is 9.59 Å². The molecule has 0 spiro atoms. The summed E-state index contributed by atoms with van der Waals surface area (Å²) in [7, 11) is 0. The molecule has 1 aromatic carbocycles. The molecular weight excluding hydrogens is 410 g/mol. The summed E-state index contributed by atoms with van der Waals surface area (Å²) in [4.78, 5) is 21.8. The largest absolute Gasteiger partial charge is 0.491 e. The summed E-state index contributed by atoms with van der Waals surface area (Å²) in [6, 6.07) is 1.60. The Balaban J connectivity index is 3.12. The number of hydrogen-bond acceptors (Lipinski definition) is 4. The van der Waals surface area contributed by atoms with Crippen LogP contribution in [0.2, 0.25) is 0 Å². The maximum Gasteiger partial charge on any atom is 0.491 e. The van der Waals surface area contributed by atoms with Crippen LogP contribution in [0.15, 0.2) is 18.2 Å². The lowest BCUT2D eigenvalue weighted by molar-refractivity contribution is -0.346. The standard InChI is InChI=1S/C13H6F10O4/c1-5-2-6(4-7(3-5)27-9(25)11(16,17)18)26-8(24)10(14,15)12(19,20)13(21,22)23/h2-4H,1H3. The van der Waals surface area contributed by atoms with Gasteiger partial charge in [0.25, 0.3) is 0 Å². The second-order valence-corrected chi connectivity index (χ2v) is 4.91. The van der Waals surface area contributed by atoms with Gasteiger partial charge in [-0.25, -0.2) is 9.59 Å². The zero-order valence-corrected chi connectivity index (χ0v) is 12.6. The number of ether oxygens (including phenoxy) is 2. The summed E-state index contributed by atoms with van der Waals surface area (Å²) < 4.78 is 132. The van der Waals surface area contributed by atoms with Crippen molar-refractivity contribution in [3.63, 3.8) is 0 Å². The highest BCUT2D eigenvalue weighted by molar-refractivity contribution is 5.82. The van der Waals surface area contributed by atoms with E-state index < -0.39 is 47.6 Å². The van der Waals surface area contributed by atoms with Crippen LogP contribution in [-0.4, -0.2) is 36.1 Å². The SMILES string of the molecule is Cc1cc(OC(=O)C(F)(F)F)cc(OC(=O)C(F)(F)C(F)(F)C(F)(F)F)c1. The van der Waals surface area contributed by atoms with E-state index in [1.54, 1.807) is 0 Å². The molecule has 0 aliphatic rings. The van der Waals surface area contributed by atoms with Gasteiger partial charge in [0, 0.05) is 6.07 Å². The van der Waals surface area contributed by atoms with Gasteiger partial charge in [-0.3, -0.25) is 0 Å². The molecule has 27 heavy (non-hydrogen) atoms. The number of benzene rings is 1. The molecule has 0 aliphatic heterocycles. The third-order valence-corrected chi connectivity index (χ3v) is 2.68. The van der Waals surface area contributed by atoms with E-state index in [-0.39, 0.29) is 11.6 Å². The molecule has 0 heterocycles. The Hall–Kier alpha value is -2.54. The van der Waals surface area contributed by atoms with Crippen molar-refractivity contribution in [3.05, 3.63) is 23.8 Å². The fourth-order valence-corrected chi connectivity index (χ4v) is 1.47. The summed E-state index contributed by atoms with van der Waals surface area (Å²) in [5.74, 6) is -21.4. The third kappa shape index (κ3) is 4.80. The summed E-state index contributed by atoms with van der Waals surface area (Å²) in [5, 5.41) is 0. The van der Waals surface area contributed by atoms with Crippen molar-refractivity contribution < 1.29 is 63.0 Å². The zero-order valence-electron chi connectivity index (χ0n) is 12.6. The highest BCUT2D eigenvalue weighted by Crippen LogP contribution is 2.47. The molecule has 0 unspecified atom stereocenters. The number of alkyl halides is 10. The van der Waals surface area contributed by atoms with Crippen LogP contribution in [0.1, 0.15) is 5.56 Å². The summed E-state index contributed by atoms with van der Waals surface area (Å²) in [6.07, 6.45) is -12.3. The predicted molar refractivity (Wildman–Crippen MR) is 64.5 cm³/mol. The Labute approximate surface area is 142 Å². The monoisotopic (exact) mass is 416 g/mol. The number of hydrogen-bond donors (Lipinski definition) is 0. The lowest BCUT2D eigenvalue weighted by Crippen LogP contribution is -2.57. The minimum Gasteiger partial charge on any atom is -0.422 e. The van der Waals surface area contributed by atoms with E-state index in [1.807, 2.05) is 0 Å². The molecule has 14 heteroatoms. The van der Waals surface area contributed by atoms with E-state index in [1.165, 1.54) is 0 Å². The molecular formula is C13H6F10O4. The lowest BCUT2D eigenvalue weighted by Gasteiger charge is -2.26. The lowest BCUT2D eigenvalue weighted by atomic mass is 10.1. The topological polar surface area (TPSA) is 52.6 Å². The van der Waals surface area contributed by atoms with Crippen LogP contribution >= 0.6 is 0 Å². The van der Waals surface area contributed by atoms with Crippen molar-refractivity contribution in [3.8, 4) is 11.5 Å². The van der Waals surface area contributed by atoms with Gasteiger partial charge in [0.1, 0.15) is 11.5 Å². The van der Waals surface area contributed by atoms with E-state index in [2.05, 4.69) is 9.47 Å². The van der Waals surface area contributed by atoms with E-state index in [9.17, 15) is 53.5 Å². The fourth-order valence-electron chi connectivity index (χ4n) is 1.47. The van der Waals surface area contributed by atoms with E-state index >= 15 is 0 Å². The Morgan fingerprint density at radius 1 is 0.741 bits per heavy atom. The van der Waals surface area contributed by atoms with Gasteiger partial charge in [0.2, 0.25) is 0 Å². The quantitative estimate of drug-likeness (QED) is 0.420. The van der Waals surface area contributed by atoms with Crippen LogP contribution in [0.25, 0.3) is 0 Å². The molecule has 1 aromatic rings. The van der Waals surface area contributed by atoms with Crippen molar-refractivity contribution >= 4 is 11.9 Å². The normalized spacial score (nSPS) is 13.3. The van der Waals surface area contributed by atoms with Gasteiger partial charge in [0.15, 0.2) is 0 Å². The minimum atomic E-state index is -6.80. The van der Waals surface area contributed by atoms with Crippen LogP contribution in [0, 0.1) is 6.92 Å². The molecule has 0 fully saturated rings. The number of aryl methyl sites for hydroxylation is 1. The van der Waals surface area contributed by atoms with Crippen molar-refractivity contribution in [2.24, 2.45) is 0 Å². The van der Waals surface area contributed by atoms with Crippen LogP contribution < -0.4 is 9.47 Å². The van der Waals surface area contributed by atoms with Gasteiger partial charge in [-0.1, -0.05) is 0 Å². The highest BCUT2D eigenvalue weighted by Gasteiger charge is 2.77. The molecule has 0 saturated heterocycles. The summed E-state index contributed by atoms with van der Waals surface area (Å²) >= 11 is 0. The molecule has 4 nitrogen and oxygen atoms in total. The number of esters is 2. The van der Waals surface area contributed by atoms with Crippen LogP contribution in [0.4, 0.5) is 43.9 Å². The first kappa shape index (κ1) is 22.5. The summed E-state index contributed by atoms with van der Waals surface area (Å²) in [5.41, 5.74) is -0.170.